The van der Waals surface area contributed by atoms with Crippen LogP contribution in [0.1, 0.15) is 19.4 Å². The van der Waals surface area contributed by atoms with Crippen LogP contribution < -0.4 is 15.5 Å². The normalized spacial score (nSPS) is 10.3. The average molecular weight is 374 g/mol. The molecule has 0 aliphatic heterocycles. The molecule has 0 aliphatic carbocycles. The van der Waals surface area contributed by atoms with Crippen molar-refractivity contribution in [3.8, 4) is 0 Å². The summed E-state index contributed by atoms with van der Waals surface area (Å²) in [4.78, 5) is 26.1. The fraction of sp³-hybridized carbons (Fsp3) is 0.300. The highest BCUT2D eigenvalue weighted by molar-refractivity contribution is 6.39. The molecule has 2 aromatic carbocycles. The SMILES string of the molecule is CCN(CC)c1ccc(NC(=O)C(=O)NCCc2cccc(Cl)c2)cc1. The number of amides is 2. The highest BCUT2D eigenvalue weighted by Crippen LogP contribution is 2.17. The van der Waals surface area contributed by atoms with Crippen LogP contribution in [0.4, 0.5) is 11.4 Å². The monoisotopic (exact) mass is 373 g/mol. The van der Waals surface area contributed by atoms with Crippen molar-refractivity contribution in [2.45, 2.75) is 20.3 Å². The first kappa shape index (κ1) is 19.8. The Bertz CT molecular complexity index is 743. The Kier molecular flexibility index (Phi) is 7.48. The minimum absolute atomic E-state index is 0.369. The molecular weight excluding hydrogens is 350 g/mol. The Balaban J connectivity index is 1.82. The second-order valence-electron chi connectivity index (χ2n) is 5.81. The molecule has 26 heavy (non-hydrogen) atoms. The summed E-state index contributed by atoms with van der Waals surface area (Å²) in [5.74, 6) is -1.33. The van der Waals surface area contributed by atoms with E-state index in [0.29, 0.717) is 23.7 Å². The van der Waals surface area contributed by atoms with Crippen molar-refractivity contribution < 1.29 is 9.59 Å². The minimum Gasteiger partial charge on any atom is -0.372 e. The fourth-order valence-corrected chi connectivity index (χ4v) is 2.84. The molecule has 0 heterocycles. The number of rotatable bonds is 7. The first-order chi connectivity index (χ1) is 12.5. The second-order valence-corrected chi connectivity index (χ2v) is 6.25. The lowest BCUT2D eigenvalue weighted by Gasteiger charge is -2.21. The van der Waals surface area contributed by atoms with Gasteiger partial charge >= 0.3 is 11.8 Å². The van der Waals surface area contributed by atoms with Gasteiger partial charge in [-0.05, 0) is 62.2 Å². The van der Waals surface area contributed by atoms with E-state index in [2.05, 4.69) is 29.4 Å². The van der Waals surface area contributed by atoms with Crippen LogP contribution in [0.5, 0.6) is 0 Å². The van der Waals surface area contributed by atoms with Gasteiger partial charge in [0.2, 0.25) is 0 Å². The molecule has 138 valence electrons. The number of carbonyl (C=O) groups is 2. The van der Waals surface area contributed by atoms with Gasteiger partial charge in [-0.15, -0.1) is 0 Å². The highest BCUT2D eigenvalue weighted by atomic mass is 35.5. The summed E-state index contributed by atoms with van der Waals surface area (Å²) >= 11 is 5.92. The van der Waals surface area contributed by atoms with Gasteiger partial charge in [-0.3, -0.25) is 9.59 Å². The maximum atomic E-state index is 12.0. The Morgan fingerprint density at radius 2 is 1.69 bits per heavy atom. The third-order valence-electron chi connectivity index (χ3n) is 4.05. The standard InChI is InChI=1S/C20H24ClN3O2/c1-3-24(4-2)18-10-8-17(9-11-18)23-20(26)19(25)22-13-12-15-6-5-7-16(21)14-15/h5-11,14H,3-4,12-13H2,1-2H3,(H,22,25)(H,23,26). The van der Waals surface area contributed by atoms with Crippen LogP contribution in [-0.4, -0.2) is 31.4 Å². The van der Waals surface area contributed by atoms with Gasteiger partial charge in [0.25, 0.3) is 0 Å². The molecule has 2 N–H and O–H groups in total. The Labute approximate surface area is 159 Å². The molecule has 6 heteroatoms. The third kappa shape index (κ3) is 5.77. The number of benzene rings is 2. The summed E-state index contributed by atoms with van der Waals surface area (Å²) in [6.45, 7) is 6.38. The molecule has 0 saturated heterocycles. The van der Waals surface area contributed by atoms with Crippen molar-refractivity contribution in [3.63, 3.8) is 0 Å². The maximum Gasteiger partial charge on any atom is 0.313 e. The van der Waals surface area contributed by atoms with Gasteiger partial charge in [0.05, 0.1) is 0 Å². The lowest BCUT2D eigenvalue weighted by molar-refractivity contribution is -0.136. The predicted molar refractivity (Wildman–Crippen MR) is 107 cm³/mol. The lowest BCUT2D eigenvalue weighted by atomic mass is 10.1. The van der Waals surface area contributed by atoms with E-state index in [4.69, 9.17) is 11.6 Å². The van der Waals surface area contributed by atoms with Gasteiger partial charge in [0.1, 0.15) is 0 Å². The fourth-order valence-electron chi connectivity index (χ4n) is 2.63. The molecule has 2 amide bonds. The predicted octanol–water partition coefficient (Wildman–Crippen LogP) is 3.48. The van der Waals surface area contributed by atoms with Crippen LogP contribution in [0.25, 0.3) is 0 Å². The molecule has 0 radical (unpaired) electrons. The molecule has 2 aromatic rings. The van der Waals surface area contributed by atoms with Crippen LogP contribution in [0.2, 0.25) is 5.02 Å². The maximum absolute atomic E-state index is 12.0. The number of hydrogen-bond donors (Lipinski definition) is 2. The molecule has 0 aromatic heterocycles. The molecule has 0 fully saturated rings. The van der Waals surface area contributed by atoms with Crippen molar-refractivity contribution in [2.75, 3.05) is 29.9 Å². The van der Waals surface area contributed by atoms with E-state index < -0.39 is 11.8 Å². The van der Waals surface area contributed by atoms with Gasteiger partial charge < -0.3 is 15.5 Å². The van der Waals surface area contributed by atoms with Gasteiger partial charge in [-0.2, -0.15) is 0 Å². The molecule has 2 rings (SSSR count). The Hall–Kier alpha value is -2.53. The molecule has 0 saturated carbocycles. The topological polar surface area (TPSA) is 61.4 Å². The zero-order valence-electron chi connectivity index (χ0n) is 15.1. The number of halogens is 1. The number of carbonyl (C=O) groups excluding carboxylic acids is 2. The van der Waals surface area contributed by atoms with E-state index in [1.54, 1.807) is 18.2 Å². The second kappa shape index (κ2) is 9.82. The average Bonchev–Trinajstić information content (AvgIpc) is 2.64. The summed E-state index contributed by atoms with van der Waals surface area (Å²) in [5, 5.41) is 5.88. The van der Waals surface area contributed by atoms with Crippen LogP contribution in [0.15, 0.2) is 48.5 Å². The Morgan fingerprint density at radius 1 is 1.00 bits per heavy atom. The van der Waals surface area contributed by atoms with Crippen molar-refractivity contribution in [3.05, 3.63) is 59.1 Å². The van der Waals surface area contributed by atoms with E-state index in [9.17, 15) is 9.59 Å². The number of anilines is 2. The zero-order valence-corrected chi connectivity index (χ0v) is 15.8. The van der Waals surface area contributed by atoms with Crippen LogP contribution in [0.3, 0.4) is 0 Å². The zero-order chi connectivity index (χ0) is 18.9. The Morgan fingerprint density at radius 3 is 2.31 bits per heavy atom. The van der Waals surface area contributed by atoms with Gasteiger partial charge in [-0.1, -0.05) is 23.7 Å². The molecule has 0 spiro atoms. The van der Waals surface area contributed by atoms with Crippen LogP contribution in [0, 0.1) is 0 Å². The van der Waals surface area contributed by atoms with Gasteiger partial charge in [0, 0.05) is 36.0 Å². The van der Waals surface area contributed by atoms with E-state index >= 15 is 0 Å². The van der Waals surface area contributed by atoms with E-state index in [1.807, 2.05) is 30.3 Å². The third-order valence-corrected chi connectivity index (χ3v) is 4.28. The smallest absolute Gasteiger partial charge is 0.313 e. The summed E-state index contributed by atoms with van der Waals surface area (Å²) in [6.07, 6.45) is 0.609. The molecule has 0 unspecified atom stereocenters. The summed E-state index contributed by atoms with van der Waals surface area (Å²) in [5.41, 5.74) is 2.68. The lowest BCUT2D eigenvalue weighted by Crippen LogP contribution is -2.36. The number of nitrogens with zero attached hydrogens (tertiary/aromatic N) is 1. The van der Waals surface area contributed by atoms with Crippen molar-refractivity contribution in [1.29, 1.82) is 0 Å². The first-order valence-electron chi connectivity index (χ1n) is 8.72. The van der Waals surface area contributed by atoms with E-state index in [1.165, 1.54) is 0 Å². The molecule has 0 bridgehead atoms. The summed E-state index contributed by atoms with van der Waals surface area (Å²) in [6, 6.07) is 14.9. The summed E-state index contributed by atoms with van der Waals surface area (Å²) in [7, 11) is 0. The van der Waals surface area contributed by atoms with E-state index in [-0.39, 0.29) is 0 Å². The first-order valence-corrected chi connectivity index (χ1v) is 9.10. The van der Waals surface area contributed by atoms with Crippen molar-refractivity contribution >= 4 is 34.8 Å². The summed E-state index contributed by atoms with van der Waals surface area (Å²) < 4.78 is 0. The highest BCUT2D eigenvalue weighted by Gasteiger charge is 2.13. The minimum atomic E-state index is -0.674. The number of hydrogen-bond acceptors (Lipinski definition) is 3. The van der Waals surface area contributed by atoms with Crippen LogP contribution >= 0.6 is 11.6 Å². The van der Waals surface area contributed by atoms with Gasteiger partial charge in [0.15, 0.2) is 0 Å². The van der Waals surface area contributed by atoms with E-state index in [0.717, 1.165) is 24.3 Å². The number of nitrogens with one attached hydrogen (secondary N) is 2. The molecule has 5 nitrogen and oxygen atoms in total. The molecule has 0 aliphatic rings. The largest absolute Gasteiger partial charge is 0.372 e. The van der Waals surface area contributed by atoms with Crippen LogP contribution in [-0.2, 0) is 16.0 Å². The van der Waals surface area contributed by atoms with Crippen molar-refractivity contribution in [1.82, 2.24) is 5.32 Å². The van der Waals surface area contributed by atoms with Crippen molar-refractivity contribution in [2.24, 2.45) is 0 Å². The quantitative estimate of drug-likeness (QED) is 0.730. The molecule has 0 atom stereocenters. The molecular formula is C20H24ClN3O2. The van der Waals surface area contributed by atoms with Gasteiger partial charge in [-0.25, -0.2) is 0 Å².